The normalized spacial score (nSPS) is 28.3. The average Bonchev–Trinajstić information content (AvgIpc) is 3.09. The molecule has 252 valence electrons. The lowest BCUT2D eigenvalue weighted by Gasteiger charge is -2.52. The maximum absolute atomic E-state index is 14.0. The van der Waals surface area contributed by atoms with E-state index < -0.39 is 21.7 Å². The van der Waals surface area contributed by atoms with Gasteiger partial charge in [-0.1, -0.05) is 24.3 Å². The van der Waals surface area contributed by atoms with Crippen LogP contribution >= 0.6 is 33.0 Å². The first-order chi connectivity index (χ1) is 22.4. The summed E-state index contributed by atoms with van der Waals surface area (Å²) >= 11 is 7.95. The second-order valence-corrected chi connectivity index (χ2v) is 21.4. The lowest BCUT2D eigenvalue weighted by molar-refractivity contribution is 0.0567. The maximum Gasteiger partial charge on any atom is 0.239 e. The van der Waals surface area contributed by atoms with E-state index in [1.54, 1.807) is 0 Å². The molecule has 2 aromatic rings. The van der Waals surface area contributed by atoms with Gasteiger partial charge in [-0.2, -0.15) is 13.5 Å². The number of ether oxygens (including phenoxy) is 3. The van der Waals surface area contributed by atoms with Gasteiger partial charge in [-0.3, -0.25) is 0 Å². The number of halogens is 3. The largest absolute Gasteiger partial charge is 0.379 e. The molecule has 0 bridgehead atoms. The second-order valence-electron chi connectivity index (χ2n) is 11.9. The second kappa shape index (κ2) is 14.4. The fourth-order valence-corrected chi connectivity index (χ4v) is 22.6. The fraction of sp³-hybridized carbons (Fsp3) is 0.586. The van der Waals surface area contributed by atoms with Crippen LogP contribution in [0.1, 0.15) is 17.5 Å². The van der Waals surface area contributed by atoms with Crippen LogP contribution in [0.25, 0.3) is 0 Å². The minimum Gasteiger partial charge on any atom is -0.379 e. The first kappa shape index (κ1) is 33.5. The summed E-state index contributed by atoms with van der Waals surface area (Å²) in [5, 5.41) is 0. The van der Waals surface area contributed by atoms with Gasteiger partial charge in [0.05, 0.1) is 39.6 Å². The molecule has 0 N–H and O–H groups in total. The highest BCUT2D eigenvalue weighted by Crippen LogP contribution is 2.84. The van der Waals surface area contributed by atoms with E-state index in [1.165, 1.54) is 24.3 Å². The van der Waals surface area contributed by atoms with Gasteiger partial charge >= 0.3 is 0 Å². The smallest absolute Gasteiger partial charge is 0.239 e. The van der Waals surface area contributed by atoms with E-state index in [9.17, 15) is 8.78 Å². The minimum atomic E-state index is -3.02. The molecule has 0 radical (unpaired) electrons. The summed E-state index contributed by atoms with van der Waals surface area (Å²) in [6, 6.07) is 13.4. The van der Waals surface area contributed by atoms with Crippen molar-refractivity contribution in [2.75, 3.05) is 92.0 Å². The lowest BCUT2D eigenvalue weighted by atomic mass is 10.2. The first-order valence-electron chi connectivity index (χ1n) is 16.0. The van der Waals surface area contributed by atoms with Crippen LogP contribution in [0.3, 0.4) is 0 Å². The Kier molecular flexibility index (Phi) is 10.5. The topological polar surface area (TPSA) is 81.0 Å². The molecule has 1 spiro atoms. The summed E-state index contributed by atoms with van der Waals surface area (Å²) in [6.07, 6.45) is 0.901. The van der Waals surface area contributed by atoms with Crippen molar-refractivity contribution >= 4 is 33.0 Å². The zero-order valence-electron chi connectivity index (χ0n) is 25.9. The Bertz CT molecular complexity index is 1450. The monoisotopic (exact) mass is 716 g/mol. The van der Waals surface area contributed by atoms with Crippen molar-refractivity contribution in [3.05, 3.63) is 71.3 Å². The van der Waals surface area contributed by atoms with Crippen molar-refractivity contribution in [2.24, 2.45) is 13.5 Å². The Morgan fingerprint density at radius 1 is 0.543 bits per heavy atom. The molecular weight excluding hydrogens is 675 g/mol. The Hall–Kier alpha value is -1.04. The third kappa shape index (κ3) is 6.87. The van der Waals surface area contributed by atoms with Gasteiger partial charge in [-0.25, -0.2) is 32.1 Å². The molecule has 5 aliphatic heterocycles. The highest BCUT2D eigenvalue weighted by Gasteiger charge is 2.51. The number of nitrogens with zero attached hydrogens (tertiary/aromatic N) is 8. The van der Waals surface area contributed by atoms with Crippen molar-refractivity contribution in [3.63, 3.8) is 0 Å². The van der Waals surface area contributed by atoms with Crippen molar-refractivity contribution in [1.82, 2.24) is 23.4 Å². The summed E-state index contributed by atoms with van der Waals surface area (Å²) in [5.41, 5.74) is 1.98. The van der Waals surface area contributed by atoms with Crippen molar-refractivity contribution in [3.8, 4) is 0 Å². The highest BCUT2D eigenvalue weighted by molar-refractivity contribution is 7.96. The van der Waals surface area contributed by atoms with E-state index in [1.807, 2.05) is 24.3 Å². The molecule has 5 heterocycles. The van der Waals surface area contributed by atoms with Crippen molar-refractivity contribution in [1.29, 1.82) is 0 Å². The summed E-state index contributed by atoms with van der Waals surface area (Å²) in [5.74, 6) is -0.531. The molecule has 5 aliphatic rings. The van der Waals surface area contributed by atoms with Gasteiger partial charge in [0.15, 0.2) is 0 Å². The van der Waals surface area contributed by atoms with Gasteiger partial charge < -0.3 is 14.2 Å². The molecule has 1 atom stereocenters. The Balaban J connectivity index is 1.47. The average molecular weight is 717 g/mol. The van der Waals surface area contributed by atoms with E-state index in [0.29, 0.717) is 92.0 Å². The van der Waals surface area contributed by atoms with E-state index in [2.05, 4.69) is 23.4 Å². The summed E-state index contributed by atoms with van der Waals surface area (Å²) in [7, 11) is -5.77. The molecule has 0 saturated carbocycles. The molecule has 4 fully saturated rings. The van der Waals surface area contributed by atoms with Gasteiger partial charge in [0.2, 0.25) is 21.7 Å². The van der Waals surface area contributed by atoms with E-state index in [4.69, 9.17) is 39.0 Å². The molecular formula is C29H42ClF2N8O3P3. The van der Waals surface area contributed by atoms with Crippen LogP contribution in [0.5, 0.6) is 0 Å². The van der Waals surface area contributed by atoms with Gasteiger partial charge in [-0.15, -0.1) is 0 Å². The zero-order valence-corrected chi connectivity index (χ0v) is 29.4. The standard InChI is InChI=1S/C29H42ClF2N8O3P3/c30-44(36-12-18-41-19-13-36)33-45(37-14-20-42-21-15-37,38-16-22-43-23-17-38)35-46(34-44)39(24-26-2-6-28(31)7-3-26)10-1-11-40(46)25-27-4-8-29(32)9-5-27/h2-9H,1,10-25H2. The van der Waals surface area contributed by atoms with Crippen LogP contribution in [-0.4, -0.2) is 115 Å². The quantitative estimate of drug-likeness (QED) is 0.291. The summed E-state index contributed by atoms with van der Waals surface area (Å²) in [6.45, 7) is 7.26. The Morgan fingerprint density at radius 3 is 1.39 bits per heavy atom. The number of hydrogen-bond donors (Lipinski definition) is 0. The maximum atomic E-state index is 14.0. The molecule has 0 aliphatic carbocycles. The Labute approximate surface area is 275 Å². The van der Waals surface area contributed by atoms with Crippen LogP contribution in [0.4, 0.5) is 8.78 Å². The lowest BCUT2D eigenvalue weighted by Crippen LogP contribution is -2.44. The van der Waals surface area contributed by atoms with Crippen LogP contribution in [0.2, 0.25) is 0 Å². The third-order valence-corrected chi connectivity index (χ3v) is 22.1. The predicted molar refractivity (Wildman–Crippen MR) is 179 cm³/mol. The van der Waals surface area contributed by atoms with E-state index >= 15 is 0 Å². The number of hydrogen-bond acceptors (Lipinski definition) is 11. The number of morpholine rings is 3. The molecule has 7 rings (SSSR count). The van der Waals surface area contributed by atoms with Crippen molar-refractivity contribution < 1.29 is 23.0 Å². The molecule has 0 aromatic heterocycles. The molecule has 1 unspecified atom stereocenters. The van der Waals surface area contributed by atoms with Gasteiger partial charge in [-0.05, 0) is 53.1 Å². The third-order valence-electron chi connectivity index (χ3n) is 8.94. The zero-order chi connectivity index (χ0) is 31.6. The number of rotatable bonds is 7. The molecule has 0 amide bonds. The number of benzene rings is 2. The van der Waals surface area contributed by atoms with Crippen molar-refractivity contribution in [2.45, 2.75) is 19.5 Å². The van der Waals surface area contributed by atoms with Crippen LogP contribution in [0, 0.1) is 11.6 Å². The summed E-state index contributed by atoms with van der Waals surface area (Å²) in [4.78, 5) is 0. The fourth-order valence-electron chi connectivity index (χ4n) is 6.55. The van der Waals surface area contributed by atoms with Crippen LogP contribution < -0.4 is 0 Å². The van der Waals surface area contributed by atoms with Crippen LogP contribution in [-0.2, 0) is 27.3 Å². The van der Waals surface area contributed by atoms with Crippen LogP contribution in [0.15, 0.2) is 62.1 Å². The molecule has 11 nitrogen and oxygen atoms in total. The molecule has 2 aromatic carbocycles. The first-order valence-corrected chi connectivity index (χ1v) is 21.7. The van der Waals surface area contributed by atoms with E-state index in [0.717, 1.165) is 30.6 Å². The SMILES string of the molecule is Fc1ccc(CN2CCCN(Cc3ccc(F)cc3)P23=NP(Cl)(N2CCOCC2)=NP(N2CCOCC2)(N2CCOCC2)=N3)cc1. The molecule has 4 saturated heterocycles. The van der Waals surface area contributed by atoms with Gasteiger partial charge in [0.25, 0.3) is 0 Å². The Morgan fingerprint density at radius 2 is 0.957 bits per heavy atom. The summed E-state index contributed by atoms with van der Waals surface area (Å²) < 4.78 is 75.0. The van der Waals surface area contributed by atoms with E-state index in [-0.39, 0.29) is 11.6 Å². The van der Waals surface area contributed by atoms with Gasteiger partial charge in [0, 0.05) is 65.4 Å². The molecule has 46 heavy (non-hydrogen) atoms. The minimum absolute atomic E-state index is 0.265. The predicted octanol–water partition coefficient (Wildman–Crippen LogP) is 6.76. The van der Waals surface area contributed by atoms with Gasteiger partial charge in [0.1, 0.15) is 11.6 Å². The molecule has 17 heteroatoms. The highest BCUT2D eigenvalue weighted by atomic mass is 35.7.